The van der Waals surface area contributed by atoms with Crippen molar-refractivity contribution in [3.63, 3.8) is 0 Å². The lowest BCUT2D eigenvalue weighted by Gasteiger charge is -2.13. The lowest BCUT2D eigenvalue weighted by atomic mass is 10.1. The van der Waals surface area contributed by atoms with E-state index in [1.807, 2.05) is 32.0 Å². The van der Waals surface area contributed by atoms with Crippen molar-refractivity contribution in [3.8, 4) is 5.75 Å². The minimum absolute atomic E-state index is 0.206. The van der Waals surface area contributed by atoms with Gasteiger partial charge in [-0.05, 0) is 51.0 Å². The van der Waals surface area contributed by atoms with Gasteiger partial charge in [0, 0.05) is 0 Å². The summed E-state index contributed by atoms with van der Waals surface area (Å²) in [5.41, 5.74) is 1.62. The zero-order valence-electron chi connectivity index (χ0n) is 14.4. The highest BCUT2D eigenvalue weighted by Crippen LogP contribution is 2.11. The van der Waals surface area contributed by atoms with Gasteiger partial charge in [-0.3, -0.25) is 0 Å². The monoisotopic (exact) mass is 342 g/mol. The Bertz CT molecular complexity index is 679. The van der Waals surface area contributed by atoms with Crippen LogP contribution in [0.5, 0.6) is 5.75 Å². The van der Waals surface area contributed by atoms with Gasteiger partial charge in [-0.2, -0.15) is 0 Å². The van der Waals surface area contributed by atoms with E-state index in [-0.39, 0.29) is 18.7 Å². The number of carbonyl (C=O) groups is 2. The fraction of sp³-hybridized carbons (Fsp3) is 0.300. The first-order valence-electron chi connectivity index (χ1n) is 8.22. The molecule has 132 valence electrons. The number of aryl methyl sites for hydroxylation is 1. The Morgan fingerprint density at radius 3 is 2.36 bits per heavy atom. The van der Waals surface area contributed by atoms with Crippen molar-refractivity contribution in [3.05, 3.63) is 65.7 Å². The van der Waals surface area contributed by atoms with Crippen molar-refractivity contribution in [2.75, 3.05) is 6.61 Å². The molecule has 0 bridgehead atoms. The number of hydrogen-bond donors (Lipinski definition) is 0. The molecule has 0 spiro atoms. The van der Waals surface area contributed by atoms with Crippen LogP contribution in [0.2, 0.25) is 0 Å². The van der Waals surface area contributed by atoms with Gasteiger partial charge in [0.15, 0.2) is 0 Å². The fourth-order valence-corrected chi connectivity index (χ4v) is 2.14. The molecule has 0 saturated heterocycles. The van der Waals surface area contributed by atoms with E-state index in [1.165, 1.54) is 0 Å². The number of rotatable bonds is 7. The Hall–Kier alpha value is -2.82. The predicted octanol–water partition coefficient (Wildman–Crippen LogP) is 4.54. The largest absolute Gasteiger partial charge is 0.513 e. The Balaban J connectivity index is 1.63. The van der Waals surface area contributed by atoms with E-state index < -0.39 is 6.16 Å². The van der Waals surface area contributed by atoms with Crippen molar-refractivity contribution in [2.45, 2.75) is 32.8 Å². The van der Waals surface area contributed by atoms with Crippen LogP contribution in [0.25, 0.3) is 0 Å². The average Bonchev–Trinajstić information content (AvgIpc) is 2.60. The summed E-state index contributed by atoms with van der Waals surface area (Å²) in [5.74, 6) is 0.0878. The normalized spacial score (nSPS) is 11.4. The number of hydrogen-bond acceptors (Lipinski definition) is 5. The molecule has 0 N–H and O–H groups in total. The first-order valence-corrected chi connectivity index (χ1v) is 8.22. The molecule has 0 saturated carbocycles. The van der Waals surface area contributed by atoms with Crippen LogP contribution < -0.4 is 4.74 Å². The highest BCUT2D eigenvalue weighted by atomic mass is 16.7. The molecule has 0 radical (unpaired) electrons. The molecule has 2 rings (SSSR count). The summed E-state index contributed by atoms with van der Waals surface area (Å²) in [6.45, 7) is 3.98. The Labute approximate surface area is 147 Å². The third-order valence-electron chi connectivity index (χ3n) is 3.51. The van der Waals surface area contributed by atoms with Gasteiger partial charge in [-0.1, -0.05) is 35.9 Å². The number of para-hydroxylation sites is 1. The van der Waals surface area contributed by atoms with Gasteiger partial charge in [0.1, 0.15) is 5.75 Å². The van der Waals surface area contributed by atoms with Crippen LogP contribution in [0.15, 0.2) is 54.6 Å². The van der Waals surface area contributed by atoms with Crippen LogP contribution in [-0.2, 0) is 9.47 Å². The molecular formula is C20H22O5. The minimum atomic E-state index is -0.740. The minimum Gasteiger partial charge on any atom is -0.459 e. The molecule has 2 aromatic rings. The summed E-state index contributed by atoms with van der Waals surface area (Å²) in [6.07, 6.45) is 0.167. The maximum absolute atomic E-state index is 12.0. The number of esters is 1. The van der Waals surface area contributed by atoms with Crippen LogP contribution in [-0.4, -0.2) is 24.8 Å². The van der Waals surface area contributed by atoms with Crippen LogP contribution in [0.1, 0.15) is 35.7 Å². The molecule has 0 aliphatic heterocycles. The van der Waals surface area contributed by atoms with Crippen LogP contribution in [0, 0.1) is 6.92 Å². The SMILES string of the molecule is Cc1ccc(C(=O)OC(C)CCCOC(=O)Oc2ccccc2)cc1. The Morgan fingerprint density at radius 1 is 1.00 bits per heavy atom. The summed E-state index contributed by atoms with van der Waals surface area (Å²) in [7, 11) is 0. The molecule has 2 aromatic carbocycles. The second kappa shape index (κ2) is 9.47. The van der Waals surface area contributed by atoms with E-state index in [9.17, 15) is 9.59 Å². The topological polar surface area (TPSA) is 61.8 Å². The van der Waals surface area contributed by atoms with Crippen LogP contribution in [0.4, 0.5) is 4.79 Å². The molecular weight excluding hydrogens is 320 g/mol. The number of ether oxygens (including phenoxy) is 3. The van der Waals surface area contributed by atoms with Gasteiger partial charge < -0.3 is 14.2 Å². The van der Waals surface area contributed by atoms with Crippen LogP contribution >= 0.6 is 0 Å². The van der Waals surface area contributed by atoms with E-state index in [4.69, 9.17) is 14.2 Å². The summed E-state index contributed by atoms with van der Waals surface area (Å²) in [6, 6.07) is 15.9. The summed E-state index contributed by atoms with van der Waals surface area (Å²) in [4.78, 5) is 23.5. The van der Waals surface area contributed by atoms with Crippen molar-refractivity contribution < 1.29 is 23.8 Å². The molecule has 0 fully saturated rings. The molecule has 0 heterocycles. The molecule has 5 nitrogen and oxygen atoms in total. The van der Waals surface area contributed by atoms with Crippen molar-refractivity contribution in [1.82, 2.24) is 0 Å². The lowest BCUT2D eigenvalue weighted by molar-refractivity contribution is 0.0297. The van der Waals surface area contributed by atoms with E-state index in [0.717, 1.165) is 5.56 Å². The smallest absolute Gasteiger partial charge is 0.459 e. The third kappa shape index (κ3) is 6.67. The summed E-state index contributed by atoms with van der Waals surface area (Å²) in [5, 5.41) is 0. The molecule has 0 aromatic heterocycles. The highest BCUT2D eigenvalue weighted by molar-refractivity contribution is 5.89. The number of carbonyl (C=O) groups excluding carboxylic acids is 2. The van der Waals surface area contributed by atoms with Gasteiger partial charge in [0.25, 0.3) is 0 Å². The average molecular weight is 342 g/mol. The molecule has 5 heteroatoms. The molecule has 0 aliphatic rings. The zero-order valence-corrected chi connectivity index (χ0v) is 14.4. The third-order valence-corrected chi connectivity index (χ3v) is 3.51. The van der Waals surface area contributed by atoms with Crippen molar-refractivity contribution in [1.29, 1.82) is 0 Å². The van der Waals surface area contributed by atoms with Crippen LogP contribution in [0.3, 0.4) is 0 Å². The molecule has 1 unspecified atom stereocenters. The molecule has 1 atom stereocenters. The fourth-order valence-electron chi connectivity index (χ4n) is 2.14. The summed E-state index contributed by atoms with van der Waals surface area (Å²) < 4.78 is 15.4. The van der Waals surface area contributed by atoms with E-state index in [2.05, 4.69) is 0 Å². The van der Waals surface area contributed by atoms with Gasteiger partial charge in [-0.15, -0.1) is 0 Å². The first-order chi connectivity index (χ1) is 12.0. The van der Waals surface area contributed by atoms with Gasteiger partial charge in [-0.25, -0.2) is 9.59 Å². The highest BCUT2D eigenvalue weighted by Gasteiger charge is 2.12. The maximum atomic E-state index is 12.0. The second-order valence-electron chi connectivity index (χ2n) is 5.74. The van der Waals surface area contributed by atoms with Crippen molar-refractivity contribution >= 4 is 12.1 Å². The first kappa shape index (κ1) is 18.5. The number of benzene rings is 2. The van der Waals surface area contributed by atoms with Gasteiger partial charge in [0.2, 0.25) is 0 Å². The second-order valence-corrected chi connectivity index (χ2v) is 5.74. The van der Waals surface area contributed by atoms with Gasteiger partial charge in [0.05, 0.1) is 18.3 Å². The van der Waals surface area contributed by atoms with Gasteiger partial charge >= 0.3 is 12.1 Å². The predicted molar refractivity (Wildman–Crippen MR) is 93.7 cm³/mol. The summed E-state index contributed by atoms with van der Waals surface area (Å²) >= 11 is 0. The Kier molecular flexibility index (Phi) is 7.01. The standard InChI is InChI=1S/C20H22O5/c1-15-10-12-17(13-11-15)19(21)24-16(2)7-6-14-23-20(22)25-18-8-4-3-5-9-18/h3-5,8-13,16H,6-7,14H2,1-2H3. The Morgan fingerprint density at radius 2 is 1.68 bits per heavy atom. The zero-order chi connectivity index (χ0) is 18.1. The quantitative estimate of drug-likeness (QED) is 0.420. The van der Waals surface area contributed by atoms with E-state index in [1.54, 1.807) is 36.4 Å². The maximum Gasteiger partial charge on any atom is 0.513 e. The molecule has 0 amide bonds. The van der Waals surface area contributed by atoms with E-state index >= 15 is 0 Å². The molecule has 0 aliphatic carbocycles. The van der Waals surface area contributed by atoms with Crippen molar-refractivity contribution in [2.24, 2.45) is 0 Å². The van der Waals surface area contributed by atoms with E-state index in [0.29, 0.717) is 24.2 Å². The molecule has 25 heavy (non-hydrogen) atoms. The lowest BCUT2D eigenvalue weighted by Crippen LogP contribution is -2.17.